The van der Waals surface area contributed by atoms with E-state index in [0.29, 0.717) is 32.3 Å². The van der Waals surface area contributed by atoms with Crippen LogP contribution < -0.4 is 0 Å². The molecule has 0 radical (unpaired) electrons. The molecule has 0 bridgehead atoms. The van der Waals surface area contributed by atoms with Gasteiger partial charge in [-0.1, -0.05) is 55.0 Å². The maximum atomic E-state index is 12.1. The second kappa shape index (κ2) is 14.0. The highest BCUT2D eigenvalue weighted by Crippen LogP contribution is 2.50. The average molecular weight is 539 g/mol. The van der Waals surface area contributed by atoms with Crippen molar-refractivity contribution in [2.45, 2.75) is 77.0 Å². The molecule has 2 aromatic carbocycles. The van der Waals surface area contributed by atoms with Gasteiger partial charge in [-0.05, 0) is 55.5 Å². The molecule has 0 amide bonds. The summed E-state index contributed by atoms with van der Waals surface area (Å²) in [6, 6.07) is 14.5. The number of aldehydes is 1. The zero-order valence-electron chi connectivity index (χ0n) is 23.8. The van der Waals surface area contributed by atoms with E-state index in [-0.39, 0.29) is 12.9 Å². The molecule has 1 aliphatic rings. The molecule has 1 aliphatic heterocycles. The molecule has 2 aromatic rings. The van der Waals surface area contributed by atoms with Crippen molar-refractivity contribution in [3.63, 3.8) is 0 Å². The predicted molar refractivity (Wildman–Crippen MR) is 151 cm³/mol. The van der Waals surface area contributed by atoms with Gasteiger partial charge in [0, 0.05) is 25.0 Å². The second-order valence-electron chi connectivity index (χ2n) is 10.6. The SMILES string of the molecule is C=CC[C@H](OCc1ccc2ccccc2c1)[C@]1(C)O[C@H](CCC=O)[C@@](C)(/C(C)=C\C(=O)OC)C[C@H]1OCOC. The first kappa shape index (κ1) is 30.7. The summed E-state index contributed by atoms with van der Waals surface area (Å²) in [7, 11) is 2.93. The third kappa shape index (κ3) is 7.22. The lowest BCUT2D eigenvalue weighted by atomic mass is 9.66. The molecule has 212 valence electrons. The van der Waals surface area contributed by atoms with Crippen LogP contribution in [0.5, 0.6) is 0 Å². The van der Waals surface area contributed by atoms with Gasteiger partial charge in [0.15, 0.2) is 0 Å². The van der Waals surface area contributed by atoms with E-state index in [0.717, 1.165) is 22.8 Å². The molecule has 7 heteroatoms. The van der Waals surface area contributed by atoms with Crippen molar-refractivity contribution in [1.29, 1.82) is 0 Å². The summed E-state index contributed by atoms with van der Waals surface area (Å²) in [6.45, 7) is 10.4. The van der Waals surface area contributed by atoms with Crippen LogP contribution in [0.3, 0.4) is 0 Å². The normalized spacial score (nSPS) is 26.2. The van der Waals surface area contributed by atoms with Crippen LogP contribution >= 0.6 is 0 Å². The summed E-state index contributed by atoms with van der Waals surface area (Å²) in [4.78, 5) is 23.5. The molecule has 0 unspecified atom stereocenters. The Kier molecular flexibility index (Phi) is 11.0. The van der Waals surface area contributed by atoms with Crippen molar-refractivity contribution in [3.8, 4) is 0 Å². The number of esters is 1. The molecule has 0 saturated carbocycles. The van der Waals surface area contributed by atoms with Crippen LogP contribution in [0.15, 0.2) is 66.8 Å². The molecule has 0 spiro atoms. The first-order valence-electron chi connectivity index (χ1n) is 13.4. The van der Waals surface area contributed by atoms with Gasteiger partial charge in [0.05, 0.1) is 32.0 Å². The Morgan fingerprint density at radius 1 is 1.18 bits per heavy atom. The average Bonchev–Trinajstić information content (AvgIpc) is 2.94. The van der Waals surface area contributed by atoms with Gasteiger partial charge >= 0.3 is 5.97 Å². The molecule has 0 N–H and O–H groups in total. The smallest absolute Gasteiger partial charge is 0.330 e. The van der Waals surface area contributed by atoms with Crippen molar-refractivity contribution in [2.24, 2.45) is 5.41 Å². The summed E-state index contributed by atoms with van der Waals surface area (Å²) < 4.78 is 29.9. The molecule has 1 saturated heterocycles. The van der Waals surface area contributed by atoms with E-state index in [2.05, 4.69) is 36.9 Å². The van der Waals surface area contributed by atoms with E-state index in [1.165, 1.54) is 18.6 Å². The van der Waals surface area contributed by atoms with Gasteiger partial charge in [-0.2, -0.15) is 0 Å². The van der Waals surface area contributed by atoms with Crippen LogP contribution in [0.25, 0.3) is 10.8 Å². The molecule has 1 fully saturated rings. The third-order valence-corrected chi connectivity index (χ3v) is 8.01. The minimum absolute atomic E-state index is 0.0734. The Hall–Kier alpha value is -2.84. The molecule has 1 heterocycles. The number of ether oxygens (including phenoxy) is 5. The van der Waals surface area contributed by atoms with Gasteiger partial charge in [0.2, 0.25) is 0 Å². The lowest BCUT2D eigenvalue weighted by molar-refractivity contribution is -0.284. The van der Waals surface area contributed by atoms with E-state index in [9.17, 15) is 9.59 Å². The van der Waals surface area contributed by atoms with Crippen molar-refractivity contribution >= 4 is 23.0 Å². The van der Waals surface area contributed by atoms with Crippen LogP contribution in [-0.2, 0) is 39.9 Å². The van der Waals surface area contributed by atoms with Gasteiger partial charge in [0.25, 0.3) is 0 Å². The number of hydrogen-bond acceptors (Lipinski definition) is 7. The molecule has 39 heavy (non-hydrogen) atoms. The van der Waals surface area contributed by atoms with Gasteiger partial charge in [0.1, 0.15) is 18.7 Å². The number of benzene rings is 2. The Morgan fingerprint density at radius 3 is 2.59 bits per heavy atom. The van der Waals surface area contributed by atoms with Crippen molar-refractivity contribution in [2.75, 3.05) is 21.0 Å². The molecular formula is C32H42O7. The van der Waals surface area contributed by atoms with Crippen molar-refractivity contribution in [1.82, 2.24) is 0 Å². The molecule has 3 rings (SSSR count). The minimum Gasteiger partial charge on any atom is -0.466 e. The van der Waals surface area contributed by atoms with E-state index in [1.807, 2.05) is 39.0 Å². The third-order valence-electron chi connectivity index (χ3n) is 8.01. The quantitative estimate of drug-likeness (QED) is 0.0968. The summed E-state index contributed by atoms with van der Waals surface area (Å²) in [5, 5.41) is 2.32. The van der Waals surface area contributed by atoms with Crippen LogP contribution in [0.4, 0.5) is 0 Å². The highest BCUT2D eigenvalue weighted by Gasteiger charge is 2.56. The van der Waals surface area contributed by atoms with Crippen LogP contribution in [0, 0.1) is 5.41 Å². The van der Waals surface area contributed by atoms with Gasteiger partial charge in [-0.25, -0.2) is 4.79 Å². The van der Waals surface area contributed by atoms with E-state index < -0.39 is 29.2 Å². The standard InChI is InChI=1S/C32H42O7/c1-7-11-28(37-21-24-15-16-25-12-8-9-13-26(25)19-24)32(4)29(38-22-35-5)20-31(3,23(2)18-30(34)36-6)27(39-32)14-10-17-33/h7-9,12-13,15-19,27-29H,1,10-11,14,20-22H2,2-6H3/b23-18-/t27-,28+,29-,31-,32+/m1/s1. The zero-order valence-corrected chi connectivity index (χ0v) is 23.8. The highest BCUT2D eigenvalue weighted by molar-refractivity contribution is 5.83. The molecule has 7 nitrogen and oxygen atoms in total. The fourth-order valence-corrected chi connectivity index (χ4v) is 5.45. The lowest BCUT2D eigenvalue weighted by Gasteiger charge is -2.55. The Bertz CT molecular complexity index is 1160. The van der Waals surface area contributed by atoms with E-state index in [1.54, 1.807) is 7.11 Å². The predicted octanol–water partition coefficient (Wildman–Crippen LogP) is 5.94. The van der Waals surface area contributed by atoms with Crippen molar-refractivity contribution < 1.29 is 33.3 Å². The van der Waals surface area contributed by atoms with Gasteiger partial charge in [-0.3, -0.25) is 0 Å². The first-order valence-corrected chi connectivity index (χ1v) is 13.4. The topological polar surface area (TPSA) is 80.3 Å². The second-order valence-corrected chi connectivity index (χ2v) is 10.6. The Morgan fingerprint density at radius 2 is 1.92 bits per heavy atom. The molecule has 5 atom stereocenters. The molecule has 0 aromatic heterocycles. The summed E-state index contributed by atoms with van der Waals surface area (Å²) >= 11 is 0. The summed E-state index contributed by atoms with van der Waals surface area (Å²) in [5.74, 6) is -0.436. The first-order chi connectivity index (χ1) is 18.7. The molecular weight excluding hydrogens is 496 g/mol. The number of carbonyl (C=O) groups is 2. The van der Waals surface area contributed by atoms with E-state index in [4.69, 9.17) is 23.7 Å². The van der Waals surface area contributed by atoms with Gasteiger partial charge < -0.3 is 28.5 Å². The Labute approximate surface area is 232 Å². The zero-order chi connectivity index (χ0) is 28.5. The molecule has 0 aliphatic carbocycles. The summed E-state index contributed by atoms with van der Waals surface area (Å²) in [5.41, 5.74) is 0.375. The highest BCUT2D eigenvalue weighted by atomic mass is 16.7. The summed E-state index contributed by atoms with van der Waals surface area (Å²) in [6.07, 6.45) is 4.90. The fraction of sp³-hybridized carbons (Fsp3) is 0.500. The van der Waals surface area contributed by atoms with Gasteiger partial charge in [-0.15, -0.1) is 6.58 Å². The lowest BCUT2D eigenvalue weighted by Crippen LogP contribution is -2.63. The largest absolute Gasteiger partial charge is 0.466 e. The maximum Gasteiger partial charge on any atom is 0.330 e. The fourth-order valence-electron chi connectivity index (χ4n) is 5.45. The Balaban J connectivity index is 1.95. The van der Waals surface area contributed by atoms with E-state index >= 15 is 0 Å². The monoisotopic (exact) mass is 538 g/mol. The maximum absolute atomic E-state index is 12.1. The van der Waals surface area contributed by atoms with Crippen LogP contribution in [-0.4, -0.2) is 57.2 Å². The number of carbonyl (C=O) groups excluding carboxylic acids is 2. The van der Waals surface area contributed by atoms with Crippen molar-refractivity contribution in [3.05, 3.63) is 72.3 Å². The van der Waals surface area contributed by atoms with Crippen LogP contribution in [0.2, 0.25) is 0 Å². The minimum atomic E-state index is -0.887. The van der Waals surface area contributed by atoms with Crippen LogP contribution in [0.1, 0.15) is 52.0 Å². The number of fused-ring (bicyclic) bond motifs is 1. The number of methoxy groups -OCH3 is 2. The number of hydrogen-bond donors (Lipinski definition) is 0. The number of rotatable bonds is 14.